The zero-order chi connectivity index (χ0) is 24.8. The molecular formula is C27H25N5O3. The van der Waals surface area contributed by atoms with Crippen LogP contribution in [0.4, 0.5) is 11.5 Å². The normalized spacial score (nSPS) is 11.5. The molecule has 2 aromatic carbocycles. The van der Waals surface area contributed by atoms with Gasteiger partial charge in [0.05, 0.1) is 18.7 Å². The number of fused-ring (bicyclic) bond motifs is 1. The van der Waals surface area contributed by atoms with Crippen molar-refractivity contribution in [3.8, 4) is 17.2 Å². The highest BCUT2D eigenvalue weighted by Crippen LogP contribution is 2.27. The summed E-state index contributed by atoms with van der Waals surface area (Å²) in [5.74, 6) is -0.268. The first-order chi connectivity index (χ1) is 17.0. The Bertz CT molecular complexity index is 1400. The number of para-hydroxylation sites is 1. The first-order valence-electron chi connectivity index (χ1n) is 11.2. The number of hydrogen-bond acceptors (Lipinski definition) is 6. The van der Waals surface area contributed by atoms with Gasteiger partial charge in [-0.15, -0.1) is 0 Å². The third-order valence-corrected chi connectivity index (χ3v) is 5.69. The van der Waals surface area contributed by atoms with Crippen molar-refractivity contribution in [2.75, 3.05) is 17.7 Å². The number of hydrogen-bond donors (Lipinski definition) is 3. The average molecular weight is 468 g/mol. The molecule has 3 N–H and O–H groups in total. The number of nitriles is 1. The predicted molar refractivity (Wildman–Crippen MR) is 135 cm³/mol. The van der Waals surface area contributed by atoms with E-state index in [-0.39, 0.29) is 5.91 Å². The SMILES string of the molecule is COC(=O)c1cc(-c2ccc(NC(C)=O)nc2)ccc1NC(C#N)CCc1c[nH]c2ccccc12. The fourth-order valence-electron chi connectivity index (χ4n) is 3.94. The van der Waals surface area contributed by atoms with Crippen molar-refractivity contribution in [1.82, 2.24) is 9.97 Å². The number of carbonyl (C=O) groups excluding carboxylic acids is 2. The molecule has 1 atom stereocenters. The summed E-state index contributed by atoms with van der Waals surface area (Å²) in [6, 6.07) is 18.7. The molecule has 0 aliphatic carbocycles. The Hall–Kier alpha value is -4.64. The molecule has 0 aliphatic heterocycles. The average Bonchev–Trinajstić information content (AvgIpc) is 3.29. The van der Waals surface area contributed by atoms with Gasteiger partial charge < -0.3 is 20.4 Å². The second kappa shape index (κ2) is 10.5. The van der Waals surface area contributed by atoms with E-state index in [4.69, 9.17) is 4.74 Å². The van der Waals surface area contributed by atoms with Gasteiger partial charge >= 0.3 is 5.97 Å². The molecule has 8 nitrogen and oxygen atoms in total. The van der Waals surface area contributed by atoms with Crippen molar-refractivity contribution in [3.05, 3.63) is 78.1 Å². The minimum absolute atomic E-state index is 0.203. The van der Waals surface area contributed by atoms with E-state index in [9.17, 15) is 14.9 Å². The number of ether oxygens (including phenoxy) is 1. The molecule has 1 unspecified atom stereocenters. The maximum atomic E-state index is 12.5. The highest BCUT2D eigenvalue weighted by molar-refractivity contribution is 5.97. The quantitative estimate of drug-likeness (QED) is 0.317. The molecule has 4 aromatic rings. The van der Waals surface area contributed by atoms with Crippen LogP contribution in [0.1, 0.15) is 29.3 Å². The third kappa shape index (κ3) is 5.47. The summed E-state index contributed by atoms with van der Waals surface area (Å²) >= 11 is 0. The molecule has 0 spiro atoms. The number of H-pyrrole nitrogens is 1. The number of benzene rings is 2. The standard InChI is InChI=1S/C27H25N5O3/c1-17(33)31-26-12-9-19(15-30-26)18-8-11-25(23(13-18)27(34)35-2)32-21(14-28)10-7-20-16-29-24-6-4-3-5-22(20)24/h3-6,8-9,11-13,15-16,21,29,32H,7,10H2,1-2H3,(H,30,31,33). The van der Waals surface area contributed by atoms with E-state index >= 15 is 0 Å². The Morgan fingerprint density at radius 2 is 1.94 bits per heavy atom. The summed E-state index contributed by atoms with van der Waals surface area (Å²) < 4.78 is 4.98. The minimum atomic E-state index is -0.509. The van der Waals surface area contributed by atoms with Gasteiger partial charge in [0.2, 0.25) is 5.91 Å². The molecule has 176 valence electrons. The second-order valence-corrected chi connectivity index (χ2v) is 8.09. The van der Waals surface area contributed by atoms with E-state index < -0.39 is 12.0 Å². The minimum Gasteiger partial charge on any atom is -0.465 e. The lowest BCUT2D eigenvalue weighted by molar-refractivity contribution is -0.114. The van der Waals surface area contributed by atoms with Crippen LogP contribution in [-0.2, 0) is 16.0 Å². The number of aromatic nitrogens is 2. The van der Waals surface area contributed by atoms with E-state index in [0.29, 0.717) is 29.9 Å². The molecule has 35 heavy (non-hydrogen) atoms. The Balaban J connectivity index is 1.53. The summed E-state index contributed by atoms with van der Waals surface area (Å²) in [4.78, 5) is 31.2. The zero-order valence-corrected chi connectivity index (χ0v) is 19.5. The fourth-order valence-corrected chi connectivity index (χ4v) is 3.94. The largest absolute Gasteiger partial charge is 0.465 e. The van der Waals surface area contributed by atoms with Gasteiger partial charge in [-0.1, -0.05) is 24.3 Å². The Morgan fingerprint density at radius 3 is 2.66 bits per heavy atom. The molecule has 0 aliphatic rings. The number of nitrogens with zero attached hydrogens (tertiary/aromatic N) is 2. The van der Waals surface area contributed by atoms with E-state index in [2.05, 4.69) is 32.7 Å². The lowest BCUT2D eigenvalue weighted by Crippen LogP contribution is -2.20. The van der Waals surface area contributed by atoms with E-state index in [0.717, 1.165) is 27.6 Å². The Morgan fingerprint density at radius 1 is 1.14 bits per heavy atom. The molecule has 0 radical (unpaired) electrons. The summed E-state index contributed by atoms with van der Waals surface area (Å²) in [7, 11) is 1.32. The number of esters is 1. The molecule has 4 rings (SSSR count). The molecule has 8 heteroatoms. The third-order valence-electron chi connectivity index (χ3n) is 5.69. The molecule has 0 fully saturated rings. The van der Waals surface area contributed by atoms with Gasteiger partial charge in [0.15, 0.2) is 0 Å². The number of methoxy groups -OCH3 is 1. The van der Waals surface area contributed by atoms with Gasteiger partial charge in [-0.25, -0.2) is 9.78 Å². The van der Waals surface area contributed by atoms with Crippen LogP contribution in [-0.4, -0.2) is 35.0 Å². The van der Waals surface area contributed by atoms with Crippen LogP contribution < -0.4 is 10.6 Å². The number of rotatable bonds is 8. The second-order valence-electron chi connectivity index (χ2n) is 8.09. The van der Waals surface area contributed by atoms with Gasteiger partial charge in [-0.2, -0.15) is 5.26 Å². The van der Waals surface area contributed by atoms with Gasteiger partial charge in [-0.05, 0) is 54.3 Å². The molecule has 0 saturated heterocycles. The van der Waals surface area contributed by atoms with Gasteiger partial charge in [-0.3, -0.25) is 4.79 Å². The first kappa shape index (κ1) is 23.5. The van der Waals surface area contributed by atoms with Crippen LogP contribution in [0.5, 0.6) is 0 Å². The lowest BCUT2D eigenvalue weighted by atomic mass is 10.0. The summed E-state index contributed by atoms with van der Waals surface area (Å²) in [5, 5.41) is 16.7. The van der Waals surface area contributed by atoms with Gasteiger partial charge in [0.1, 0.15) is 11.9 Å². The number of nitrogens with one attached hydrogen (secondary N) is 3. The van der Waals surface area contributed by atoms with Crippen molar-refractivity contribution in [2.24, 2.45) is 0 Å². The number of amides is 1. The number of carbonyl (C=O) groups is 2. The van der Waals surface area contributed by atoms with Crippen LogP contribution in [0.2, 0.25) is 0 Å². The first-order valence-corrected chi connectivity index (χ1v) is 11.2. The monoisotopic (exact) mass is 467 g/mol. The number of pyridine rings is 1. The van der Waals surface area contributed by atoms with Gasteiger partial charge in [0, 0.05) is 41.5 Å². The van der Waals surface area contributed by atoms with Crippen molar-refractivity contribution < 1.29 is 14.3 Å². The summed E-state index contributed by atoms with van der Waals surface area (Å²) in [6.45, 7) is 1.42. The highest BCUT2D eigenvalue weighted by atomic mass is 16.5. The maximum Gasteiger partial charge on any atom is 0.339 e. The van der Waals surface area contributed by atoms with Crippen molar-refractivity contribution in [1.29, 1.82) is 5.26 Å². The van der Waals surface area contributed by atoms with E-state index in [1.807, 2.05) is 30.5 Å². The van der Waals surface area contributed by atoms with Crippen LogP contribution >= 0.6 is 0 Å². The number of aromatic amines is 1. The van der Waals surface area contributed by atoms with Crippen LogP contribution in [0.25, 0.3) is 22.0 Å². The molecule has 0 bridgehead atoms. The number of aryl methyl sites for hydroxylation is 1. The van der Waals surface area contributed by atoms with Crippen molar-refractivity contribution in [2.45, 2.75) is 25.8 Å². The molecular weight excluding hydrogens is 442 g/mol. The summed E-state index contributed by atoms with van der Waals surface area (Å²) in [5.41, 5.74) is 4.57. The Labute approximate surface area is 203 Å². The van der Waals surface area contributed by atoms with Crippen LogP contribution in [0.3, 0.4) is 0 Å². The lowest BCUT2D eigenvalue weighted by Gasteiger charge is -2.16. The highest BCUT2D eigenvalue weighted by Gasteiger charge is 2.17. The van der Waals surface area contributed by atoms with Gasteiger partial charge in [0.25, 0.3) is 0 Å². The summed E-state index contributed by atoms with van der Waals surface area (Å²) in [6.07, 6.45) is 4.86. The Kier molecular flexibility index (Phi) is 7.07. The van der Waals surface area contributed by atoms with Crippen molar-refractivity contribution >= 4 is 34.3 Å². The zero-order valence-electron chi connectivity index (χ0n) is 19.5. The fraction of sp³-hybridized carbons (Fsp3) is 0.185. The van der Waals surface area contributed by atoms with Crippen LogP contribution in [0.15, 0.2) is 67.0 Å². The maximum absolute atomic E-state index is 12.5. The van der Waals surface area contributed by atoms with E-state index in [1.54, 1.807) is 30.5 Å². The predicted octanol–water partition coefficient (Wildman–Crippen LogP) is 4.91. The van der Waals surface area contributed by atoms with Crippen LogP contribution in [0, 0.1) is 11.3 Å². The molecule has 2 aromatic heterocycles. The molecule has 1 amide bonds. The topological polar surface area (TPSA) is 120 Å². The smallest absolute Gasteiger partial charge is 0.339 e. The molecule has 0 saturated carbocycles. The molecule has 2 heterocycles. The van der Waals surface area contributed by atoms with E-state index in [1.165, 1.54) is 14.0 Å². The van der Waals surface area contributed by atoms with Crippen molar-refractivity contribution in [3.63, 3.8) is 0 Å². The number of anilines is 2.